The number of anilines is 4. The van der Waals surface area contributed by atoms with Gasteiger partial charge in [0.25, 0.3) is 5.91 Å². The number of nitrogens with one attached hydrogen (secondary N) is 2. The third-order valence-corrected chi connectivity index (χ3v) is 5.40. The minimum absolute atomic E-state index is 0.0577. The van der Waals surface area contributed by atoms with Crippen LogP contribution < -0.4 is 15.5 Å². The monoisotopic (exact) mass is 380 g/mol. The molecule has 2 saturated heterocycles. The third kappa shape index (κ3) is 4.64. The number of rotatable bonds is 5. The molecule has 2 aliphatic heterocycles. The number of nitrogens with zero attached hydrogens (tertiary/aromatic N) is 2. The number of benzene rings is 2. The summed E-state index contributed by atoms with van der Waals surface area (Å²) in [5, 5.41) is 6.33. The van der Waals surface area contributed by atoms with Gasteiger partial charge in [-0.05, 0) is 68.4 Å². The molecule has 2 aromatic rings. The Morgan fingerprint density at radius 1 is 0.929 bits per heavy atom. The highest BCUT2D eigenvalue weighted by molar-refractivity contribution is 5.94. The Bertz CT molecular complexity index is 777. The number of amides is 1. The number of carbonyl (C=O) groups excluding carboxylic acids is 1. The molecule has 2 fully saturated rings. The Kier molecular flexibility index (Phi) is 5.78. The van der Waals surface area contributed by atoms with E-state index in [1.165, 1.54) is 5.69 Å². The molecule has 1 unspecified atom stereocenters. The van der Waals surface area contributed by atoms with E-state index in [1.807, 2.05) is 24.3 Å². The normalized spacial score (nSPS) is 20.2. The van der Waals surface area contributed by atoms with E-state index in [-0.39, 0.29) is 12.0 Å². The molecule has 28 heavy (non-hydrogen) atoms. The summed E-state index contributed by atoms with van der Waals surface area (Å²) in [6.07, 6.45) is 1.45. The van der Waals surface area contributed by atoms with Crippen LogP contribution in [0.2, 0.25) is 0 Å². The van der Waals surface area contributed by atoms with Crippen molar-refractivity contribution in [1.82, 2.24) is 4.90 Å². The second kappa shape index (κ2) is 8.63. The Morgan fingerprint density at radius 3 is 2.14 bits per heavy atom. The Hall–Kier alpha value is -2.57. The maximum absolute atomic E-state index is 12.1. The first-order valence-corrected chi connectivity index (χ1v) is 10.0. The van der Waals surface area contributed by atoms with Crippen molar-refractivity contribution >= 4 is 28.7 Å². The number of ether oxygens (including phenoxy) is 1. The molecule has 148 valence electrons. The minimum Gasteiger partial charge on any atom is -0.369 e. The van der Waals surface area contributed by atoms with Crippen molar-refractivity contribution in [2.24, 2.45) is 0 Å². The van der Waals surface area contributed by atoms with Gasteiger partial charge in [-0.25, -0.2) is 0 Å². The smallest absolute Gasteiger partial charge is 0.253 e. The first kappa shape index (κ1) is 18.8. The fourth-order valence-electron chi connectivity index (χ4n) is 3.63. The molecule has 2 aromatic carbocycles. The number of likely N-dealkylation sites (N-methyl/N-ethyl adjacent to an activating group) is 1. The van der Waals surface area contributed by atoms with Gasteiger partial charge in [-0.2, -0.15) is 0 Å². The fraction of sp³-hybridized carbons (Fsp3) is 0.409. The Balaban J connectivity index is 1.32. The molecule has 0 aromatic heterocycles. The maximum Gasteiger partial charge on any atom is 0.253 e. The molecular formula is C22H28N4O2. The van der Waals surface area contributed by atoms with Crippen LogP contribution in [0.25, 0.3) is 0 Å². The van der Waals surface area contributed by atoms with Gasteiger partial charge >= 0.3 is 0 Å². The standard InChI is InChI=1S/C22H28N4O2/c1-25-12-14-26(15-13-25)20-10-8-18(9-11-20)23-17-4-6-19(7-5-17)24-22(27)21-3-2-16-28-21/h4-11,21,23H,2-3,12-16H2,1H3,(H,24,27). The number of carbonyl (C=O) groups is 1. The molecule has 4 rings (SSSR count). The average molecular weight is 380 g/mol. The second-order valence-corrected chi connectivity index (χ2v) is 7.53. The zero-order valence-corrected chi connectivity index (χ0v) is 16.4. The van der Waals surface area contributed by atoms with E-state index >= 15 is 0 Å². The van der Waals surface area contributed by atoms with E-state index in [0.717, 1.165) is 56.1 Å². The quantitative estimate of drug-likeness (QED) is 0.834. The summed E-state index contributed by atoms with van der Waals surface area (Å²) in [7, 11) is 2.17. The van der Waals surface area contributed by atoms with E-state index in [9.17, 15) is 4.79 Å². The van der Waals surface area contributed by atoms with Crippen molar-refractivity contribution in [2.75, 3.05) is 55.4 Å². The van der Waals surface area contributed by atoms with Crippen LogP contribution in [0.1, 0.15) is 12.8 Å². The van der Waals surface area contributed by atoms with Crippen molar-refractivity contribution < 1.29 is 9.53 Å². The lowest BCUT2D eigenvalue weighted by atomic mass is 10.2. The van der Waals surface area contributed by atoms with Gasteiger partial charge in [-0.1, -0.05) is 0 Å². The van der Waals surface area contributed by atoms with Gasteiger partial charge < -0.3 is 25.2 Å². The van der Waals surface area contributed by atoms with Gasteiger partial charge in [0, 0.05) is 55.5 Å². The van der Waals surface area contributed by atoms with Crippen LogP contribution in [0, 0.1) is 0 Å². The molecule has 2 heterocycles. The van der Waals surface area contributed by atoms with Crippen LogP contribution in [0.15, 0.2) is 48.5 Å². The molecule has 6 nitrogen and oxygen atoms in total. The van der Waals surface area contributed by atoms with Crippen molar-refractivity contribution in [3.63, 3.8) is 0 Å². The van der Waals surface area contributed by atoms with Gasteiger partial charge in [-0.15, -0.1) is 0 Å². The van der Waals surface area contributed by atoms with E-state index in [1.54, 1.807) is 0 Å². The summed E-state index contributed by atoms with van der Waals surface area (Å²) in [4.78, 5) is 16.9. The van der Waals surface area contributed by atoms with Crippen LogP contribution in [-0.4, -0.2) is 56.7 Å². The minimum atomic E-state index is -0.309. The summed E-state index contributed by atoms with van der Waals surface area (Å²) in [5.41, 5.74) is 4.10. The van der Waals surface area contributed by atoms with Gasteiger partial charge in [0.05, 0.1) is 0 Å². The SMILES string of the molecule is CN1CCN(c2ccc(Nc3ccc(NC(=O)C4CCCO4)cc3)cc2)CC1. The molecule has 0 saturated carbocycles. The molecule has 2 aliphatic rings. The van der Waals surface area contributed by atoms with Gasteiger partial charge in [0.2, 0.25) is 0 Å². The lowest BCUT2D eigenvalue weighted by molar-refractivity contribution is -0.124. The van der Waals surface area contributed by atoms with E-state index in [4.69, 9.17) is 4.74 Å². The van der Waals surface area contributed by atoms with E-state index < -0.39 is 0 Å². The zero-order valence-electron chi connectivity index (χ0n) is 16.4. The summed E-state index contributed by atoms with van der Waals surface area (Å²) in [5.74, 6) is -0.0577. The van der Waals surface area contributed by atoms with Gasteiger partial charge in [0.15, 0.2) is 0 Å². The number of piperazine rings is 1. The first-order chi connectivity index (χ1) is 13.7. The summed E-state index contributed by atoms with van der Waals surface area (Å²) in [6.45, 7) is 5.03. The number of hydrogen-bond donors (Lipinski definition) is 2. The van der Waals surface area contributed by atoms with E-state index in [2.05, 4.69) is 51.7 Å². The second-order valence-electron chi connectivity index (χ2n) is 7.53. The highest BCUT2D eigenvalue weighted by atomic mass is 16.5. The summed E-state index contributed by atoms with van der Waals surface area (Å²) >= 11 is 0. The molecule has 0 spiro atoms. The van der Waals surface area contributed by atoms with Crippen molar-refractivity contribution in [3.8, 4) is 0 Å². The molecular weight excluding hydrogens is 352 g/mol. The fourth-order valence-corrected chi connectivity index (χ4v) is 3.63. The molecule has 0 radical (unpaired) electrons. The van der Waals surface area contributed by atoms with Crippen LogP contribution in [0.3, 0.4) is 0 Å². The van der Waals surface area contributed by atoms with Crippen LogP contribution in [0.4, 0.5) is 22.7 Å². The molecule has 2 N–H and O–H groups in total. The lowest BCUT2D eigenvalue weighted by Crippen LogP contribution is -2.44. The predicted octanol–water partition coefficient (Wildman–Crippen LogP) is 3.30. The maximum atomic E-state index is 12.1. The lowest BCUT2D eigenvalue weighted by Gasteiger charge is -2.34. The summed E-state index contributed by atoms with van der Waals surface area (Å²) < 4.78 is 5.42. The van der Waals surface area contributed by atoms with Crippen LogP contribution in [-0.2, 0) is 9.53 Å². The largest absolute Gasteiger partial charge is 0.369 e. The predicted molar refractivity (Wildman–Crippen MR) is 113 cm³/mol. The zero-order chi connectivity index (χ0) is 19.3. The molecule has 6 heteroatoms. The van der Waals surface area contributed by atoms with Crippen LogP contribution >= 0.6 is 0 Å². The van der Waals surface area contributed by atoms with Crippen molar-refractivity contribution in [2.45, 2.75) is 18.9 Å². The number of hydrogen-bond acceptors (Lipinski definition) is 5. The topological polar surface area (TPSA) is 56.8 Å². The van der Waals surface area contributed by atoms with Gasteiger partial charge in [0.1, 0.15) is 6.10 Å². The molecule has 0 aliphatic carbocycles. The third-order valence-electron chi connectivity index (χ3n) is 5.40. The highest BCUT2D eigenvalue weighted by Gasteiger charge is 2.23. The average Bonchev–Trinajstić information content (AvgIpc) is 3.26. The first-order valence-electron chi connectivity index (χ1n) is 10.0. The molecule has 1 amide bonds. The van der Waals surface area contributed by atoms with Crippen molar-refractivity contribution in [1.29, 1.82) is 0 Å². The van der Waals surface area contributed by atoms with Crippen molar-refractivity contribution in [3.05, 3.63) is 48.5 Å². The molecule has 1 atom stereocenters. The van der Waals surface area contributed by atoms with Crippen LogP contribution in [0.5, 0.6) is 0 Å². The highest BCUT2D eigenvalue weighted by Crippen LogP contribution is 2.23. The van der Waals surface area contributed by atoms with Gasteiger partial charge in [-0.3, -0.25) is 4.79 Å². The summed E-state index contributed by atoms with van der Waals surface area (Å²) in [6, 6.07) is 16.3. The molecule has 0 bridgehead atoms. The Morgan fingerprint density at radius 2 is 1.54 bits per heavy atom. The Labute approximate surface area is 166 Å². The van der Waals surface area contributed by atoms with E-state index in [0.29, 0.717) is 6.61 Å².